The van der Waals surface area contributed by atoms with Crippen molar-refractivity contribution >= 4 is 34.1 Å². The van der Waals surface area contributed by atoms with Gasteiger partial charge in [-0.15, -0.1) is 11.8 Å². The smallest absolute Gasteiger partial charge is 0.153 e. The largest absolute Gasteiger partial charge is 0.383 e. The van der Waals surface area contributed by atoms with Gasteiger partial charge < -0.3 is 15.4 Å². The summed E-state index contributed by atoms with van der Waals surface area (Å²) in [6, 6.07) is 0. The lowest BCUT2D eigenvalue weighted by molar-refractivity contribution is 0.204. The molecule has 0 atom stereocenters. The van der Waals surface area contributed by atoms with Crippen LogP contribution in [0.25, 0.3) is 0 Å². The molecular formula is C11H21N3OS2. The Labute approximate surface area is 112 Å². The summed E-state index contributed by atoms with van der Waals surface area (Å²) in [5.74, 6) is 1.24. The number of hydrogen-bond donors (Lipinski definition) is 1. The molecule has 1 heterocycles. The van der Waals surface area contributed by atoms with E-state index in [1.807, 2.05) is 6.26 Å². The minimum absolute atomic E-state index is 0.602. The van der Waals surface area contributed by atoms with Gasteiger partial charge in [-0.05, 0) is 23.7 Å². The molecule has 0 saturated carbocycles. The third-order valence-electron chi connectivity index (χ3n) is 2.30. The molecule has 1 aromatic heterocycles. The second-order valence-electron chi connectivity index (χ2n) is 4.24. The second-order valence-corrected chi connectivity index (χ2v) is 5.81. The number of ether oxygens (including phenoxy) is 1. The Balaban J connectivity index is 2.86. The summed E-state index contributed by atoms with van der Waals surface area (Å²) in [5.41, 5.74) is 5.87. The third kappa shape index (κ3) is 4.04. The van der Waals surface area contributed by atoms with Crippen molar-refractivity contribution < 1.29 is 4.74 Å². The molecule has 0 fully saturated rings. The summed E-state index contributed by atoms with van der Waals surface area (Å²) in [7, 11) is 1.73. The van der Waals surface area contributed by atoms with Gasteiger partial charge in [0.2, 0.25) is 0 Å². The molecule has 0 aliphatic rings. The van der Waals surface area contributed by atoms with E-state index in [9.17, 15) is 0 Å². The van der Waals surface area contributed by atoms with Crippen LogP contribution in [0.5, 0.6) is 0 Å². The Morgan fingerprint density at radius 3 is 2.76 bits per heavy atom. The molecule has 1 aromatic rings. The van der Waals surface area contributed by atoms with Crippen molar-refractivity contribution in [1.82, 2.24) is 4.37 Å². The first kappa shape index (κ1) is 14.6. The molecule has 0 saturated heterocycles. The van der Waals surface area contributed by atoms with Crippen LogP contribution in [0.1, 0.15) is 13.8 Å². The maximum absolute atomic E-state index is 5.87. The van der Waals surface area contributed by atoms with Crippen LogP contribution in [0, 0.1) is 5.92 Å². The Morgan fingerprint density at radius 2 is 2.24 bits per heavy atom. The highest BCUT2D eigenvalue weighted by atomic mass is 32.2. The molecule has 0 aliphatic heterocycles. The van der Waals surface area contributed by atoms with E-state index in [1.54, 1.807) is 18.9 Å². The highest BCUT2D eigenvalue weighted by Crippen LogP contribution is 2.37. The molecule has 0 bridgehead atoms. The van der Waals surface area contributed by atoms with Gasteiger partial charge in [0, 0.05) is 20.2 Å². The Morgan fingerprint density at radius 1 is 1.53 bits per heavy atom. The Hall–Kier alpha value is -0.460. The number of methoxy groups -OCH3 is 1. The monoisotopic (exact) mass is 275 g/mol. The van der Waals surface area contributed by atoms with E-state index in [0.29, 0.717) is 11.7 Å². The molecular weight excluding hydrogens is 254 g/mol. The molecule has 0 aliphatic carbocycles. The lowest BCUT2D eigenvalue weighted by atomic mass is 10.2. The summed E-state index contributed by atoms with van der Waals surface area (Å²) >= 11 is 3.13. The van der Waals surface area contributed by atoms with Crippen LogP contribution in [0.3, 0.4) is 0 Å². The average Bonchev–Trinajstić information content (AvgIpc) is 2.65. The number of rotatable bonds is 7. The lowest BCUT2D eigenvalue weighted by Crippen LogP contribution is -2.30. The van der Waals surface area contributed by atoms with E-state index in [4.69, 9.17) is 10.5 Å². The molecule has 98 valence electrons. The number of anilines is 2. The van der Waals surface area contributed by atoms with Crippen LogP contribution in [0.4, 0.5) is 10.8 Å². The number of hydrogen-bond acceptors (Lipinski definition) is 6. The minimum Gasteiger partial charge on any atom is -0.383 e. The van der Waals surface area contributed by atoms with Crippen molar-refractivity contribution in [3.63, 3.8) is 0 Å². The molecule has 17 heavy (non-hydrogen) atoms. The van der Waals surface area contributed by atoms with E-state index in [2.05, 4.69) is 23.1 Å². The van der Waals surface area contributed by atoms with Crippen LogP contribution >= 0.6 is 23.3 Å². The first-order valence-corrected chi connectivity index (χ1v) is 7.63. The molecule has 0 radical (unpaired) electrons. The van der Waals surface area contributed by atoms with Crippen LogP contribution in [-0.2, 0) is 4.74 Å². The fraction of sp³-hybridized carbons (Fsp3) is 0.727. The van der Waals surface area contributed by atoms with E-state index < -0.39 is 0 Å². The van der Waals surface area contributed by atoms with E-state index in [-0.39, 0.29) is 0 Å². The van der Waals surface area contributed by atoms with E-state index in [0.717, 1.165) is 24.6 Å². The average molecular weight is 275 g/mol. The van der Waals surface area contributed by atoms with Crippen molar-refractivity contribution in [3.8, 4) is 0 Å². The zero-order valence-corrected chi connectivity index (χ0v) is 12.5. The van der Waals surface area contributed by atoms with Crippen molar-refractivity contribution in [2.45, 2.75) is 18.7 Å². The molecule has 6 heteroatoms. The van der Waals surface area contributed by atoms with Crippen molar-refractivity contribution in [2.75, 3.05) is 43.7 Å². The SMILES string of the molecule is COCCN(CC(C)C)c1snc(N)c1SC. The number of nitrogens with zero attached hydrogens (tertiary/aromatic N) is 2. The standard InChI is InChI=1S/C11H21N3OS2/c1-8(2)7-14(5-6-15-3)11-9(16-4)10(12)13-17-11/h8H,5-7H2,1-4H3,(H2,12,13). The summed E-state index contributed by atoms with van der Waals surface area (Å²) in [6.45, 7) is 7.02. The molecule has 4 nitrogen and oxygen atoms in total. The van der Waals surface area contributed by atoms with Crippen LogP contribution in [-0.4, -0.2) is 37.4 Å². The summed E-state index contributed by atoms with van der Waals surface area (Å²) in [6.07, 6.45) is 2.04. The molecule has 2 N–H and O–H groups in total. The fourth-order valence-electron chi connectivity index (χ4n) is 1.60. The van der Waals surface area contributed by atoms with Crippen LogP contribution < -0.4 is 10.6 Å². The molecule has 1 rings (SSSR count). The zero-order valence-electron chi connectivity index (χ0n) is 10.9. The van der Waals surface area contributed by atoms with Gasteiger partial charge in [-0.1, -0.05) is 13.8 Å². The number of aromatic nitrogens is 1. The maximum Gasteiger partial charge on any atom is 0.153 e. The minimum atomic E-state index is 0.602. The highest BCUT2D eigenvalue weighted by Gasteiger charge is 2.17. The van der Waals surface area contributed by atoms with Gasteiger partial charge in [0.25, 0.3) is 0 Å². The third-order valence-corrected chi connectivity index (χ3v) is 4.16. The van der Waals surface area contributed by atoms with Crippen LogP contribution in [0.2, 0.25) is 0 Å². The van der Waals surface area contributed by atoms with Crippen molar-refractivity contribution in [3.05, 3.63) is 0 Å². The van der Waals surface area contributed by atoms with Gasteiger partial charge in [-0.25, -0.2) is 0 Å². The maximum atomic E-state index is 5.87. The van der Waals surface area contributed by atoms with Gasteiger partial charge in [-0.2, -0.15) is 4.37 Å². The van der Waals surface area contributed by atoms with E-state index >= 15 is 0 Å². The predicted octanol–water partition coefficient (Wildman–Crippen LogP) is 2.56. The molecule has 0 aromatic carbocycles. The Kier molecular flexibility index (Phi) is 6.08. The Bertz CT molecular complexity index is 341. The summed E-state index contributed by atoms with van der Waals surface area (Å²) in [5, 5.41) is 1.17. The van der Waals surface area contributed by atoms with Crippen LogP contribution in [0.15, 0.2) is 4.90 Å². The highest BCUT2D eigenvalue weighted by molar-refractivity contribution is 7.99. The van der Waals surface area contributed by atoms with Gasteiger partial charge in [0.05, 0.1) is 11.5 Å². The summed E-state index contributed by atoms with van der Waals surface area (Å²) < 4.78 is 9.40. The van der Waals surface area contributed by atoms with Gasteiger partial charge >= 0.3 is 0 Å². The first-order valence-electron chi connectivity index (χ1n) is 5.63. The van der Waals surface area contributed by atoms with Gasteiger partial charge in [-0.3, -0.25) is 0 Å². The van der Waals surface area contributed by atoms with E-state index in [1.165, 1.54) is 16.5 Å². The van der Waals surface area contributed by atoms with Crippen molar-refractivity contribution in [1.29, 1.82) is 0 Å². The molecule has 0 spiro atoms. The number of nitrogen functional groups attached to an aromatic ring is 1. The van der Waals surface area contributed by atoms with Crippen molar-refractivity contribution in [2.24, 2.45) is 5.92 Å². The normalized spacial score (nSPS) is 11.1. The summed E-state index contributed by atoms with van der Waals surface area (Å²) in [4.78, 5) is 3.40. The number of thioether (sulfide) groups is 1. The fourth-order valence-corrected chi connectivity index (χ4v) is 3.32. The number of nitrogens with two attached hydrogens (primary N) is 1. The quantitative estimate of drug-likeness (QED) is 0.775. The topological polar surface area (TPSA) is 51.4 Å². The lowest BCUT2D eigenvalue weighted by Gasteiger charge is -2.25. The van der Waals surface area contributed by atoms with Gasteiger partial charge in [0.1, 0.15) is 5.00 Å². The second kappa shape index (κ2) is 7.08. The predicted molar refractivity (Wildman–Crippen MR) is 77.2 cm³/mol. The molecule has 0 unspecified atom stereocenters. The zero-order chi connectivity index (χ0) is 12.8. The first-order chi connectivity index (χ1) is 8.10. The van der Waals surface area contributed by atoms with Gasteiger partial charge in [0.15, 0.2) is 5.82 Å². The molecule has 0 amide bonds.